The predicted octanol–water partition coefficient (Wildman–Crippen LogP) is 3.37. The van der Waals surface area contributed by atoms with Crippen molar-refractivity contribution in [3.05, 3.63) is 29.3 Å². The molecule has 0 saturated carbocycles. The summed E-state index contributed by atoms with van der Waals surface area (Å²) in [5, 5.41) is 9.73. The van der Waals surface area contributed by atoms with Crippen LogP contribution in [0.2, 0.25) is 0 Å². The summed E-state index contributed by atoms with van der Waals surface area (Å²) in [6, 6.07) is 7.54. The Kier molecular flexibility index (Phi) is 3.42. The van der Waals surface area contributed by atoms with E-state index in [-0.39, 0.29) is 6.10 Å². The van der Waals surface area contributed by atoms with Crippen LogP contribution in [-0.2, 0) is 4.74 Å². The molecule has 1 atom stereocenters. The van der Waals surface area contributed by atoms with Gasteiger partial charge in [0.1, 0.15) is 11.9 Å². The summed E-state index contributed by atoms with van der Waals surface area (Å²) >= 11 is 5.20. The van der Waals surface area contributed by atoms with Crippen molar-refractivity contribution >= 4 is 23.0 Å². The van der Waals surface area contributed by atoms with Crippen molar-refractivity contribution in [1.82, 2.24) is 0 Å². The van der Waals surface area contributed by atoms with E-state index in [9.17, 15) is 0 Å². The summed E-state index contributed by atoms with van der Waals surface area (Å²) in [4.78, 5) is 4.69. The Hall–Kier alpha value is -1.93. The summed E-state index contributed by atoms with van der Waals surface area (Å²) in [6.07, 6.45) is 2.55. The molecule has 108 valence electrons. The fraction of sp³-hybridized carbons (Fsp3) is 0.438. The zero-order valence-corrected chi connectivity index (χ0v) is 12.9. The van der Waals surface area contributed by atoms with Crippen LogP contribution < -0.4 is 4.74 Å². The quantitative estimate of drug-likeness (QED) is 0.746. The van der Waals surface area contributed by atoms with Gasteiger partial charge in [-0.25, -0.2) is 4.99 Å². The van der Waals surface area contributed by atoms with Gasteiger partial charge in [-0.1, -0.05) is 0 Å². The van der Waals surface area contributed by atoms with Crippen LogP contribution in [0.5, 0.6) is 5.75 Å². The van der Waals surface area contributed by atoms with E-state index >= 15 is 0 Å². The molecular weight excluding hydrogens is 284 g/mol. The second kappa shape index (κ2) is 5.12. The zero-order chi connectivity index (χ0) is 15.0. The highest BCUT2D eigenvalue weighted by molar-refractivity contribution is 7.80. The minimum atomic E-state index is -0.640. The highest BCUT2D eigenvalue weighted by Gasteiger charge is 2.34. The van der Waals surface area contributed by atoms with Gasteiger partial charge in [-0.2, -0.15) is 5.26 Å². The number of hydrogen-bond donors (Lipinski definition) is 0. The van der Waals surface area contributed by atoms with Gasteiger partial charge in [0.2, 0.25) is 0 Å². The molecule has 0 aliphatic carbocycles. The van der Waals surface area contributed by atoms with Crippen molar-refractivity contribution in [2.45, 2.75) is 44.9 Å². The van der Waals surface area contributed by atoms with Crippen molar-refractivity contribution in [2.75, 3.05) is 0 Å². The van der Waals surface area contributed by atoms with Crippen molar-refractivity contribution in [3.8, 4) is 11.8 Å². The Balaban J connectivity index is 2.07. The minimum Gasteiger partial charge on any atom is -0.478 e. The van der Waals surface area contributed by atoms with Gasteiger partial charge in [0.05, 0.1) is 17.3 Å². The van der Waals surface area contributed by atoms with E-state index in [0.717, 1.165) is 36.3 Å². The molecule has 21 heavy (non-hydrogen) atoms. The van der Waals surface area contributed by atoms with E-state index in [2.05, 4.69) is 11.1 Å². The molecule has 1 fully saturated rings. The van der Waals surface area contributed by atoms with Gasteiger partial charge in [0, 0.05) is 12.0 Å². The molecule has 1 aromatic rings. The smallest absolute Gasteiger partial charge is 0.195 e. The molecule has 0 spiro atoms. The first kappa shape index (κ1) is 14.0. The molecule has 4 nitrogen and oxygen atoms in total. The highest BCUT2D eigenvalue weighted by Crippen LogP contribution is 2.34. The van der Waals surface area contributed by atoms with Gasteiger partial charge in [-0.05, 0) is 57.1 Å². The summed E-state index contributed by atoms with van der Waals surface area (Å²) in [7, 11) is 0. The van der Waals surface area contributed by atoms with Gasteiger partial charge in [0.25, 0.3) is 0 Å². The van der Waals surface area contributed by atoms with Crippen LogP contribution in [0.3, 0.4) is 0 Å². The molecule has 2 aliphatic heterocycles. The van der Waals surface area contributed by atoms with Crippen LogP contribution in [0.4, 0.5) is 0 Å². The Bertz CT molecular complexity index is 673. The second-order valence-corrected chi connectivity index (χ2v) is 6.19. The lowest BCUT2D eigenvalue weighted by molar-refractivity contribution is 0.110. The van der Waals surface area contributed by atoms with E-state index < -0.39 is 5.72 Å². The van der Waals surface area contributed by atoms with Crippen LogP contribution in [-0.4, -0.2) is 22.6 Å². The molecule has 2 aliphatic rings. The van der Waals surface area contributed by atoms with Gasteiger partial charge in [-0.3, -0.25) is 0 Å². The number of nitrogens with zero attached hydrogens (tertiary/aromatic N) is 2. The highest BCUT2D eigenvalue weighted by atomic mass is 32.1. The second-order valence-electron chi connectivity index (χ2n) is 5.74. The third-order valence-electron chi connectivity index (χ3n) is 3.56. The van der Waals surface area contributed by atoms with Gasteiger partial charge >= 0.3 is 0 Å². The number of ether oxygens (including phenoxy) is 2. The van der Waals surface area contributed by atoms with Gasteiger partial charge < -0.3 is 9.47 Å². The molecule has 5 heteroatoms. The minimum absolute atomic E-state index is 0.151. The van der Waals surface area contributed by atoms with E-state index in [1.165, 1.54) is 0 Å². The third-order valence-corrected chi connectivity index (χ3v) is 3.86. The van der Waals surface area contributed by atoms with E-state index in [1.54, 1.807) is 6.07 Å². The van der Waals surface area contributed by atoms with Crippen molar-refractivity contribution in [1.29, 1.82) is 5.26 Å². The van der Waals surface area contributed by atoms with E-state index in [4.69, 9.17) is 27.0 Å². The third kappa shape index (κ3) is 2.77. The van der Waals surface area contributed by atoms with E-state index in [0.29, 0.717) is 10.6 Å². The Labute approximate surface area is 129 Å². The Morgan fingerprint density at radius 1 is 1.43 bits per heavy atom. The Morgan fingerprint density at radius 3 is 2.95 bits per heavy atom. The number of rotatable bonds is 1. The molecule has 1 aromatic carbocycles. The van der Waals surface area contributed by atoms with Crippen molar-refractivity contribution in [3.63, 3.8) is 0 Å². The zero-order valence-electron chi connectivity index (χ0n) is 12.0. The fourth-order valence-corrected chi connectivity index (χ4v) is 2.94. The van der Waals surface area contributed by atoms with Crippen LogP contribution >= 0.6 is 12.2 Å². The first-order chi connectivity index (χ1) is 9.98. The average Bonchev–Trinajstić information content (AvgIpc) is 2.45. The van der Waals surface area contributed by atoms with E-state index in [1.807, 2.05) is 26.0 Å². The normalized spacial score (nSPS) is 23.2. The molecular formula is C16H16N2O2S. The number of aliphatic imine (C=N–C) groups is 1. The number of thiocarbonyl (C=S) groups is 1. The molecule has 3 rings (SSSR count). The van der Waals surface area contributed by atoms with Crippen molar-refractivity contribution < 1.29 is 9.47 Å². The van der Waals surface area contributed by atoms with Crippen LogP contribution in [0.15, 0.2) is 23.2 Å². The summed E-state index contributed by atoms with van der Waals surface area (Å²) in [5.41, 5.74) is 1.62. The van der Waals surface area contributed by atoms with Crippen molar-refractivity contribution in [2.24, 2.45) is 4.99 Å². The number of fused-ring (bicyclic) bond motifs is 1. The van der Waals surface area contributed by atoms with Crippen LogP contribution in [0, 0.1) is 11.3 Å². The maximum Gasteiger partial charge on any atom is 0.195 e. The lowest BCUT2D eigenvalue weighted by Crippen LogP contribution is -2.39. The first-order valence-electron chi connectivity index (χ1n) is 7.01. The fourth-order valence-electron chi connectivity index (χ4n) is 2.68. The topological polar surface area (TPSA) is 54.6 Å². The number of nitriles is 1. The molecule has 0 amide bonds. The Morgan fingerprint density at radius 2 is 2.24 bits per heavy atom. The molecule has 1 unspecified atom stereocenters. The maximum atomic E-state index is 9.10. The van der Waals surface area contributed by atoms with Crippen LogP contribution in [0.25, 0.3) is 0 Å². The molecule has 2 heterocycles. The number of benzene rings is 1. The van der Waals surface area contributed by atoms with Crippen LogP contribution in [0.1, 0.15) is 44.2 Å². The van der Waals surface area contributed by atoms with Gasteiger partial charge in [0.15, 0.2) is 10.8 Å². The number of hydrogen-bond acceptors (Lipinski definition) is 5. The monoisotopic (exact) mass is 300 g/mol. The average molecular weight is 300 g/mol. The lowest BCUT2D eigenvalue weighted by Gasteiger charge is -2.34. The molecule has 0 bridgehead atoms. The first-order valence-corrected chi connectivity index (χ1v) is 7.42. The largest absolute Gasteiger partial charge is 0.478 e. The summed E-state index contributed by atoms with van der Waals surface area (Å²) < 4.78 is 11.7. The molecule has 0 N–H and O–H groups in total. The standard InChI is InChI=1S/C16H16N2O2S/c1-16(2)18-15(13-4-3-5-14(21)19-13)11-8-10(9-17)6-7-12(11)20-16/h6-8,13H,3-5H2,1-2H3. The lowest BCUT2D eigenvalue weighted by atomic mass is 9.95. The summed E-state index contributed by atoms with van der Waals surface area (Å²) in [6.45, 7) is 3.82. The maximum absolute atomic E-state index is 9.10. The molecule has 1 saturated heterocycles. The molecule has 0 aromatic heterocycles. The summed E-state index contributed by atoms with van der Waals surface area (Å²) in [5.74, 6) is 0.740. The molecule has 0 radical (unpaired) electrons. The predicted molar refractivity (Wildman–Crippen MR) is 83.7 cm³/mol. The van der Waals surface area contributed by atoms with Gasteiger partial charge in [-0.15, -0.1) is 0 Å². The SMILES string of the molecule is CC1(C)N=C(C2CCCC(=S)O2)c2cc(C#N)ccc2O1.